The van der Waals surface area contributed by atoms with Gasteiger partial charge in [-0.25, -0.2) is 0 Å². The van der Waals surface area contributed by atoms with E-state index in [1.807, 2.05) is 11.6 Å². The summed E-state index contributed by atoms with van der Waals surface area (Å²) in [5.41, 5.74) is -0.115. The van der Waals surface area contributed by atoms with Crippen molar-refractivity contribution in [3.63, 3.8) is 0 Å². The maximum Gasteiger partial charge on any atom is 0.190 e. The van der Waals surface area contributed by atoms with Crippen LogP contribution in [0.4, 0.5) is 0 Å². The van der Waals surface area contributed by atoms with Crippen molar-refractivity contribution in [2.24, 2.45) is 7.05 Å². The van der Waals surface area contributed by atoms with Gasteiger partial charge < -0.3 is 15.0 Å². The first-order valence-electron chi connectivity index (χ1n) is 7.00. The number of aliphatic hydroxyl groups is 1. The number of nitrogens with one attached hydrogen (secondary N) is 1. The average molecular weight is 286 g/mol. The molecule has 1 atom stereocenters. The predicted octanol–water partition coefficient (Wildman–Crippen LogP) is 1.83. The standard InChI is InChI=1S/C13H26N4OS/c1-4-8-14-13(5-2,10-18)7-6-9-19-12-16-15-11-17(12)3/h11,14,18H,4-10H2,1-3H3. The van der Waals surface area contributed by atoms with E-state index >= 15 is 0 Å². The lowest BCUT2D eigenvalue weighted by Gasteiger charge is -2.32. The SMILES string of the molecule is CCCNC(CC)(CO)CCCSc1nncn1C. The number of aromatic nitrogens is 3. The van der Waals surface area contributed by atoms with Gasteiger partial charge in [-0.15, -0.1) is 10.2 Å². The molecule has 1 unspecified atom stereocenters. The Balaban J connectivity index is 2.33. The second-order valence-corrected chi connectivity index (χ2v) is 5.96. The Morgan fingerprint density at radius 2 is 2.26 bits per heavy atom. The second-order valence-electron chi connectivity index (χ2n) is 4.90. The Kier molecular flexibility index (Phi) is 7.41. The molecule has 2 N–H and O–H groups in total. The van der Waals surface area contributed by atoms with Crippen LogP contribution in [0.25, 0.3) is 0 Å². The summed E-state index contributed by atoms with van der Waals surface area (Å²) in [6.45, 7) is 5.45. The van der Waals surface area contributed by atoms with Crippen LogP contribution in [0.3, 0.4) is 0 Å². The van der Waals surface area contributed by atoms with Gasteiger partial charge in [-0.05, 0) is 32.2 Å². The van der Waals surface area contributed by atoms with Crippen LogP contribution >= 0.6 is 11.8 Å². The molecule has 0 aliphatic carbocycles. The third-order valence-corrected chi connectivity index (χ3v) is 4.55. The van der Waals surface area contributed by atoms with Crippen molar-refractivity contribution < 1.29 is 5.11 Å². The normalized spacial score (nSPS) is 14.5. The molecular formula is C13H26N4OS. The minimum Gasteiger partial charge on any atom is -0.394 e. The molecule has 0 aliphatic heterocycles. The van der Waals surface area contributed by atoms with Crippen LogP contribution in [0.2, 0.25) is 0 Å². The van der Waals surface area contributed by atoms with Gasteiger partial charge >= 0.3 is 0 Å². The van der Waals surface area contributed by atoms with E-state index in [2.05, 4.69) is 29.4 Å². The van der Waals surface area contributed by atoms with Gasteiger partial charge in [0.2, 0.25) is 0 Å². The summed E-state index contributed by atoms with van der Waals surface area (Å²) in [4.78, 5) is 0. The van der Waals surface area contributed by atoms with Crippen molar-refractivity contribution >= 4 is 11.8 Å². The zero-order chi connectivity index (χ0) is 14.1. The van der Waals surface area contributed by atoms with E-state index in [-0.39, 0.29) is 12.1 Å². The van der Waals surface area contributed by atoms with E-state index in [0.29, 0.717) is 0 Å². The van der Waals surface area contributed by atoms with Crippen LogP contribution in [-0.2, 0) is 7.05 Å². The fourth-order valence-electron chi connectivity index (χ4n) is 2.00. The smallest absolute Gasteiger partial charge is 0.190 e. The van der Waals surface area contributed by atoms with Crippen molar-refractivity contribution in [2.45, 2.75) is 50.2 Å². The second kappa shape index (κ2) is 8.55. The van der Waals surface area contributed by atoms with Gasteiger partial charge in [0.15, 0.2) is 5.16 Å². The molecule has 1 aromatic rings. The Morgan fingerprint density at radius 1 is 1.47 bits per heavy atom. The quantitative estimate of drug-likeness (QED) is 0.507. The van der Waals surface area contributed by atoms with E-state index in [1.165, 1.54) is 0 Å². The molecule has 0 bridgehead atoms. The molecule has 0 saturated carbocycles. The van der Waals surface area contributed by atoms with Crippen LogP contribution in [0, 0.1) is 0 Å². The van der Waals surface area contributed by atoms with Gasteiger partial charge in [-0.1, -0.05) is 25.6 Å². The molecule has 1 heterocycles. The number of thioether (sulfide) groups is 1. The summed E-state index contributed by atoms with van der Waals surface area (Å²) in [7, 11) is 1.95. The Morgan fingerprint density at radius 3 is 2.79 bits per heavy atom. The first-order chi connectivity index (χ1) is 9.17. The molecule has 0 amide bonds. The Labute approximate surface area is 120 Å². The maximum atomic E-state index is 9.63. The van der Waals surface area contributed by atoms with E-state index in [9.17, 15) is 5.11 Å². The number of aliphatic hydroxyl groups excluding tert-OH is 1. The molecule has 0 radical (unpaired) electrons. The Hall–Kier alpha value is -0.590. The van der Waals surface area contributed by atoms with E-state index < -0.39 is 0 Å². The van der Waals surface area contributed by atoms with Crippen LogP contribution in [0.1, 0.15) is 39.5 Å². The summed E-state index contributed by atoms with van der Waals surface area (Å²) in [6.07, 6.45) is 5.82. The minimum atomic E-state index is -0.115. The molecule has 0 fully saturated rings. The molecule has 0 aliphatic rings. The van der Waals surface area contributed by atoms with Crippen molar-refractivity contribution in [1.29, 1.82) is 0 Å². The van der Waals surface area contributed by atoms with Gasteiger partial charge in [-0.3, -0.25) is 0 Å². The highest BCUT2D eigenvalue weighted by Gasteiger charge is 2.25. The number of hydrogen-bond donors (Lipinski definition) is 2. The third-order valence-electron chi connectivity index (χ3n) is 3.43. The molecule has 1 aromatic heterocycles. The molecule has 19 heavy (non-hydrogen) atoms. The highest BCUT2D eigenvalue weighted by molar-refractivity contribution is 7.99. The van der Waals surface area contributed by atoms with Crippen molar-refractivity contribution in [1.82, 2.24) is 20.1 Å². The summed E-state index contributed by atoms with van der Waals surface area (Å²) >= 11 is 1.72. The lowest BCUT2D eigenvalue weighted by Crippen LogP contribution is -2.48. The fraction of sp³-hybridized carbons (Fsp3) is 0.846. The lowest BCUT2D eigenvalue weighted by atomic mass is 9.91. The first kappa shape index (κ1) is 16.5. The molecule has 5 nitrogen and oxygen atoms in total. The number of rotatable bonds is 10. The van der Waals surface area contributed by atoms with Crippen LogP contribution in [0.15, 0.2) is 11.5 Å². The third kappa shape index (κ3) is 5.12. The first-order valence-corrected chi connectivity index (χ1v) is 7.98. The molecule has 0 spiro atoms. The monoisotopic (exact) mass is 286 g/mol. The topological polar surface area (TPSA) is 63.0 Å². The van der Waals surface area contributed by atoms with Crippen molar-refractivity contribution in [3.05, 3.63) is 6.33 Å². The largest absolute Gasteiger partial charge is 0.394 e. The fourth-order valence-corrected chi connectivity index (χ4v) is 2.83. The summed E-state index contributed by atoms with van der Waals surface area (Å²) < 4.78 is 1.93. The van der Waals surface area contributed by atoms with Crippen LogP contribution in [-0.4, -0.2) is 44.3 Å². The minimum absolute atomic E-state index is 0.115. The van der Waals surface area contributed by atoms with Gasteiger partial charge in [-0.2, -0.15) is 0 Å². The van der Waals surface area contributed by atoms with Gasteiger partial charge in [0, 0.05) is 18.3 Å². The molecule has 1 rings (SSSR count). The number of nitrogens with zero attached hydrogens (tertiary/aromatic N) is 3. The highest BCUT2D eigenvalue weighted by Crippen LogP contribution is 2.21. The molecule has 110 valence electrons. The zero-order valence-electron chi connectivity index (χ0n) is 12.2. The van der Waals surface area contributed by atoms with Gasteiger partial charge in [0.05, 0.1) is 6.61 Å². The van der Waals surface area contributed by atoms with Gasteiger partial charge in [0.25, 0.3) is 0 Å². The average Bonchev–Trinajstić information content (AvgIpc) is 2.84. The van der Waals surface area contributed by atoms with Gasteiger partial charge in [0.1, 0.15) is 6.33 Å². The molecular weight excluding hydrogens is 260 g/mol. The van der Waals surface area contributed by atoms with Crippen LogP contribution < -0.4 is 5.32 Å². The Bertz CT molecular complexity index is 352. The van der Waals surface area contributed by atoms with E-state index in [4.69, 9.17) is 0 Å². The van der Waals surface area contributed by atoms with E-state index in [1.54, 1.807) is 18.1 Å². The van der Waals surface area contributed by atoms with Crippen LogP contribution in [0.5, 0.6) is 0 Å². The summed E-state index contributed by atoms with van der Waals surface area (Å²) in [5.74, 6) is 1.00. The van der Waals surface area contributed by atoms with Crippen molar-refractivity contribution in [2.75, 3.05) is 18.9 Å². The molecule has 0 aromatic carbocycles. The van der Waals surface area contributed by atoms with Crippen molar-refractivity contribution in [3.8, 4) is 0 Å². The number of aryl methyl sites for hydroxylation is 1. The highest BCUT2D eigenvalue weighted by atomic mass is 32.2. The maximum absolute atomic E-state index is 9.63. The summed E-state index contributed by atoms with van der Waals surface area (Å²) in [5, 5.41) is 22.0. The lowest BCUT2D eigenvalue weighted by molar-refractivity contribution is 0.146. The molecule has 0 saturated heterocycles. The van der Waals surface area contributed by atoms with E-state index in [0.717, 1.165) is 43.1 Å². The summed E-state index contributed by atoms with van der Waals surface area (Å²) in [6, 6.07) is 0. The predicted molar refractivity (Wildman–Crippen MR) is 79.4 cm³/mol. The zero-order valence-corrected chi connectivity index (χ0v) is 13.0. The number of hydrogen-bond acceptors (Lipinski definition) is 5. The molecule has 6 heteroatoms.